The van der Waals surface area contributed by atoms with Gasteiger partial charge in [-0.3, -0.25) is 4.68 Å². The highest BCUT2D eigenvalue weighted by atomic mass is 19.4. The van der Waals surface area contributed by atoms with E-state index in [2.05, 4.69) is 15.4 Å². The number of aryl methyl sites for hydroxylation is 1. The lowest BCUT2D eigenvalue weighted by atomic mass is 10.3. The van der Waals surface area contributed by atoms with Crippen molar-refractivity contribution >= 4 is 11.8 Å². The summed E-state index contributed by atoms with van der Waals surface area (Å²) < 4.78 is 39.6. The number of aromatic nitrogens is 3. The molecule has 0 bridgehead atoms. The van der Waals surface area contributed by atoms with Gasteiger partial charge in [0.25, 0.3) is 0 Å². The first-order valence-corrected chi connectivity index (χ1v) is 8.53. The zero-order valence-corrected chi connectivity index (χ0v) is 15.1. The molecule has 0 radical (unpaired) electrons. The van der Waals surface area contributed by atoms with Crippen molar-refractivity contribution in [2.24, 2.45) is 0 Å². The second-order valence-corrected chi connectivity index (χ2v) is 6.59. The molecule has 0 fully saturated rings. The minimum Gasteiger partial charge on any atom is -0.364 e. The van der Waals surface area contributed by atoms with Gasteiger partial charge in [-0.25, -0.2) is 9.78 Å². The van der Waals surface area contributed by atoms with Crippen LogP contribution in [-0.2, 0) is 25.8 Å². The lowest BCUT2D eigenvalue weighted by Crippen LogP contribution is -2.38. The van der Waals surface area contributed by atoms with E-state index < -0.39 is 11.7 Å². The molecule has 2 aromatic heterocycles. The Labute approximate surface area is 154 Å². The topological polar surface area (TPSA) is 66.3 Å². The van der Waals surface area contributed by atoms with Crippen molar-refractivity contribution in [3.8, 4) is 0 Å². The van der Waals surface area contributed by atoms with E-state index >= 15 is 0 Å². The van der Waals surface area contributed by atoms with E-state index in [1.165, 1.54) is 6.07 Å². The van der Waals surface area contributed by atoms with Crippen LogP contribution in [0, 0.1) is 0 Å². The number of nitrogens with zero attached hydrogens (tertiary/aromatic N) is 5. The third-order valence-electron chi connectivity index (χ3n) is 4.26. The number of nitrogens with one attached hydrogen (secondary N) is 1. The first-order chi connectivity index (χ1) is 12.7. The summed E-state index contributed by atoms with van der Waals surface area (Å²) in [5.41, 5.74) is 0.887. The van der Waals surface area contributed by atoms with Crippen molar-refractivity contribution in [1.29, 1.82) is 0 Å². The van der Waals surface area contributed by atoms with Crippen LogP contribution in [0.4, 0.5) is 23.8 Å². The summed E-state index contributed by atoms with van der Waals surface area (Å²) in [5, 5.41) is 7.49. The predicted molar refractivity (Wildman–Crippen MR) is 92.9 cm³/mol. The number of carbonyl (C=O) groups is 1. The van der Waals surface area contributed by atoms with Crippen molar-refractivity contribution < 1.29 is 18.0 Å². The molecule has 2 amide bonds. The molecule has 1 aliphatic rings. The molecule has 1 aliphatic heterocycles. The van der Waals surface area contributed by atoms with Gasteiger partial charge < -0.3 is 15.1 Å². The number of urea groups is 1. The van der Waals surface area contributed by atoms with Gasteiger partial charge in [-0.1, -0.05) is 0 Å². The molecular formula is C17H21F3N6O. The molecule has 0 unspecified atom stereocenters. The number of halogens is 3. The van der Waals surface area contributed by atoms with Crippen LogP contribution in [0.5, 0.6) is 0 Å². The number of amides is 2. The fourth-order valence-electron chi connectivity index (χ4n) is 2.90. The summed E-state index contributed by atoms with van der Waals surface area (Å²) in [4.78, 5) is 19.3. The summed E-state index contributed by atoms with van der Waals surface area (Å²) in [5.74, 6) is 0.343. The number of fused-ring (bicyclic) bond motifs is 1. The van der Waals surface area contributed by atoms with Crippen molar-refractivity contribution in [3.05, 3.63) is 41.3 Å². The van der Waals surface area contributed by atoms with Crippen molar-refractivity contribution in [2.75, 3.05) is 26.0 Å². The monoisotopic (exact) mass is 382 g/mol. The maximum atomic E-state index is 12.6. The maximum Gasteiger partial charge on any atom is 0.417 e. The van der Waals surface area contributed by atoms with Crippen LogP contribution in [0.3, 0.4) is 0 Å². The lowest BCUT2D eigenvalue weighted by molar-refractivity contribution is -0.137. The van der Waals surface area contributed by atoms with Gasteiger partial charge in [-0.05, 0) is 24.6 Å². The zero-order valence-electron chi connectivity index (χ0n) is 15.1. The van der Waals surface area contributed by atoms with Crippen LogP contribution in [0.2, 0.25) is 0 Å². The third-order valence-corrected chi connectivity index (χ3v) is 4.26. The molecule has 0 aliphatic carbocycles. The number of rotatable bonds is 3. The van der Waals surface area contributed by atoms with Crippen molar-refractivity contribution in [1.82, 2.24) is 24.6 Å². The van der Waals surface area contributed by atoms with Gasteiger partial charge in [0.05, 0.1) is 30.0 Å². The van der Waals surface area contributed by atoms with Crippen LogP contribution in [0.1, 0.15) is 23.4 Å². The number of alkyl halides is 3. The quantitative estimate of drug-likeness (QED) is 0.887. The van der Waals surface area contributed by atoms with Crippen molar-refractivity contribution in [2.45, 2.75) is 32.2 Å². The highest BCUT2D eigenvalue weighted by molar-refractivity contribution is 5.73. The van der Waals surface area contributed by atoms with Crippen molar-refractivity contribution in [3.63, 3.8) is 0 Å². The van der Waals surface area contributed by atoms with Gasteiger partial charge in [-0.15, -0.1) is 0 Å². The molecule has 0 spiro atoms. The van der Waals surface area contributed by atoms with Gasteiger partial charge >= 0.3 is 12.2 Å². The highest BCUT2D eigenvalue weighted by Crippen LogP contribution is 2.28. The Balaban J connectivity index is 1.65. The lowest BCUT2D eigenvalue weighted by Gasteiger charge is -2.23. The Kier molecular flexibility index (Phi) is 5.24. The Morgan fingerprint density at radius 3 is 2.70 bits per heavy atom. The normalized spacial score (nSPS) is 14.5. The van der Waals surface area contributed by atoms with Crippen LogP contribution >= 0.6 is 0 Å². The fourth-order valence-corrected chi connectivity index (χ4v) is 2.90. The molecule has 2 aromatic rings. The predicted octanol–water partition coefficient (Wildman–Crippen LogP) is 2.80. The molecule has 3 rings (SSSR count). The van der Waals surface area contributed by atoms with E-state index in [1.807, 2.05) is 10.7 Å². The number of pyridine rings is 1. The SMILES string of the molecule is CN(C)C(=O)N1CCCn2nc(CNc3ccc(C(F)(F)F)cn3)cc2C1. The Hall–Kier alpha value is -2.78. The van der Waals surface area contributed by atoms with Gasteiger partial charge in [0, 0.05) is 33.4 Å². The Morgan fingerprint density at radius 2 is 2.07 bits per heavy atom. The smallest absolute Gasteiger partial charge is 0.364 e. The summed E-state index contributed by atoms with van der Waals surface area (Å²) in [6.45, 7) is 2.19. The van der Waals surface area contributed by atoms with E-state index in [4.69, 9.17) is 0 Å². The minimum atomic E-state index is -4.40. The molecule has 0 aromatic carbocycles. The molecule has 146 valence electrons. The molecular weight excluding hydrogens is 361 g/mol. The number of anilines is 1. The summed E-state index contributed by atoms with van der Waals surface area (Å²) in [6, 6.07) is 4.14. The molecule has 0 atom stereocenters. The highest BCUT2D eigenvalue weighted by Gasteiger charge is 2.30. The average Bonchev–Trinajstić information content (AvgIpc) is 2.89. The van der Waals surface area contributed by atoms with E-state index in [0.29, 0.717) is 32.0 Å². The maximum absolute atomic E-state index is 12.6. The van der Waals surface area contributed by atoms with E-state index in [0.717, 1.165) is 30.1 Å². The first kappa shape index (κ1) is 19.0. The molecule has 0 saturated heterocycles. The van der Waals surface area contributed by atoms with Crippen LogP contribution in [0.15, 0.2) is 24.4 Å². The van der Waals surface area contributed by atoms with Crippen LogP contribution < -0.4 is 5.32 Å². The number of carbonyl (C=O) groups excluding carboxylic acids is 1. The van der Waals surface area contributed by atoms with Crippen LogP contribution in [-0.4, -0.2) is 51.2 Å². The Bertz CT molecular complexity index is 800. The number of hydrogen-bond donors (Lipinski definition) is 1. The van der Waals surface area contributed by atoms with E-state index in [-0.39, 0.29) is 6.03 Å². The summed E-state index contributed by atoms with van der Waals surface area (Å²) in [6.07, 6.45) is -2.79. The zero-order chi connectivity index (χ0) is 19.6. The van der Waals surface area contributed by atoms with Gasteiger partial charge in [0.2, 0.25) is 0 Å². The second-order valence-electron chi connectivity index (χ2n) is 6.59. The third kappa shape index (κ3) is 4.50. The fraction of sp³-hybridized carbons (Fsp3) is 0.471. The van der Waals surface area contributed by atoms with Gasteiger partial charge in [-0.2, -0.15) is 18.3 Å². The molecule has 1 N–H and O–H groups in total. The molecule has 10 heteroatoms. The van der Waals surface area contributed by atoms with Gasteiger partial charge in [0.15, 0.2) is 0 Å². The standard InChI is InChI=1S/C17H21F3N6O/c1-24(2)16(27)25-6-3-7-26-14(11-25)8-13(23-26)10-22-15-5-4-12(9-21-15)17(18,19)20/h4-5,8-9H,3,6-7,10-11H2,1-2H3,(H,21,22). The number of hydrogen-bond acceptors (Lipinski definition) is 4. The molecule has 0 saturated carbocycles. The van der Waals surface area contributed by atoms with E-state index in [1.54, 1.807) is 23.9 Å². The average molecular weight is 382 g/mol. The molecule has 7 nitrogen and oxygen atoms in total. The Morgan fingerprint density at radius 1 is 1.30 bits per heavy atom. The second kappa shape index (κ2) is 7.45. The van der Waals surface area contributed by atoms with Gasteiger partial charge in [0.1, 0.15) is 5.82 Å². The van der Waals surface area contributed by atoms with Crippen LogP contribution in [0.25, 0.3) is 0 Å². The largest absolute Gasteiger partial charge is 0.417 e. The molecule has 27 heavy (non-hydrogen) atoms. The summed E-state index contributed by atoms with van der Waals surface area (Å²) in [7, 11) is 3.44. The van der Waals surface area contributed by atoms with E-state index in [9.17, 15) is 18.0 Å². The first-order valence-electron chi connectivity index (χ1n) is 8.53. The minimum absolute atomic E-state index is 0.0433. The molecule has 3 heterocycles. The summed E-state index contributed by atoms with van der Waals surface area (Å²) >= 11 is 0.